The van der Waals surface area contributed by atoms with Crippen molar-refractivity contribution in [3.63, 3.8) is 0 Å². The number of rotatable bonds is 3. The molecule has 5 atom stereocenters. The molecule has 0 unspecified atom stereocenters. The first-order valence-electron chi connectivity index (χ1n) is 12.8. The van der Waals surface area contributed by atoms with Gasteiger partial charge in [-0.25, -0.2) is 0 Å². The minimum Gasteiger partial charge on any atom is -0.497 e. The van der Waals surface area contributed by atoms with Crippen LogP contribution in [0.4, 0.5) is 5.69 Å². The Labute approximate surface area is 196 Å². The molecule has 176 valence electrons. The SMILES string of the molecule is COc1ccc(N2C[C@H](C(=O)N3CCCC4=C[C@@H]5C[C@@H](CN6CCCC[C@H]56)[C@H]43)CC2=O)cc1. The van der Waals surface area contributed by atoms with E-state index in [1.807, 2.05) is 24.3 Å². The number of carbonyl (C=O) groups is 2. The molecule has 5 aliphatic rings. The van der Waals surface area contributed by atoms with Crippen molar-refractivity contribution in [2.24, 2.45) is 17.8 Å². The first-order chi connectivity index (χ1) is 16.1. The second-order valence-corrected chi connectivity index (χ2v) is 10.6. The minimum atomic E-state index is -0.247. The Bertz CT molecular complexity index is 958. The third-order valence-electron chi connectivity index (χ3n) is 8.80. The number of carbonyl (C=O) groups excluding carboxylic acids is 2. The zero-order chi connectivity index (χ0) is 22.5. The van der Waals surface area contributed by atoms with Crippen LogP contribution in [-0.2, 0) is 9.59 Å². The molecule has 0 spiro atoms. The Balaban J connectivity index is 1.21. The second-order valence-electron chi connectivity index (χ2n) is 10.6. The fourth-order valence-electron chi connectivity index (χ4n) is 7.34. The maximum absolute atomic E-state index is 13.8. The van der Waals surface area contributed by atoms with Crippen LogP contribution >= 0.6 is 0 Å². The number of amides is 2. The summed E-state index contributed by atoms with van der Waals surface area (Å²) in [6.45, 7) is 3.66. The van der Waals surface area contributed by atoms with Crippen molar-refractivity contribution in [1.29, 1.82) is 0 Å². The molecular formula is C27H35N3O3. The first-order valence-corrected chi connectivity index (χ1v) is 12.8. The fourth-order valence-corrected chi connectivity index (χ4v) is 7.34. The van der Waals surface area contributed by atoms with Crippen molar-refractivity contribution in [2.45, 2.75) is 57.0 Å². The molecule has 1 aromatic carbocycles. The Morgan fingerprint density at radius 1 is 1.06 bits per heavy atom. The van der Waals surface area contributed by atoms with Crippen LogP contribution in [0.5, 0.6) is 5.75 Å². The number of anilines is 1. The molecule has 2 bridgehead atoms. The molecule has 4 aliphatic heterocycles. The van der Waals surface area contributed by atoms with Crippen LogP contribution in [0.1, 0.15) is 44.9 Å². The van der Waals surface area contributed by atoms with E-state index >= 15 is 0 Å². The van der Waals surface area contributed by atoms with E-state index < -0.39 is 0 Å². The summed E-state index contributed by atoms with van der Waals surface area (Å²) >= 11 is 0. The standard InChI is InChI=1S/C27H35N3O3/c1-33-23-9-7-22(8-10-23)30-17-21(15-25(30)31)27(32)29-12-4-5-18-13-19-14-20(26(18)29)16-28-11-3-2-6-24(19)28/h7-10,13,19-21,24,26H,2-6,11-12,14-17H2,1H3/t19-,20+,21-,24-,26+/m1/s1. The van der Waals surface area contributed by atoms with Crippen LogP contribution < -0.4 is 9.64 Å². The number of methoxy groups -OCH3 is 1. The molecular weight excluding hydrogens is 414 g/mol. The molecule has 1 aromatic rings. The van der Waals surface area contributed by atoms with Gasteiger partial charge in [-0.3, -0.25) is 14.5 Å². The van der Waals surface area contributed by atoms with Crippen LogP contribution in [-0.4, -0.2) is 67.0 Å². The summed E-state index contributed by atoms with van der Waals surface area (Å²) in [5.41, 5.74) is 2.36. The number of fused-ring (bicyclic) bond motifs is 6. The van der Waals surface area contributed by atoms with E-state index in [2.05, 4.69) is 15.9 Å². The fraction of sp³-hybridized carbons (Fsp3) is 0.630. The van der Waals surface area contributed by atoms with Gasteiger partial charge in [0.05, 0.1) is 19.1 Å². The Morgan fingerprint density at radius 3 is 2.73 bits per heavy atom. The van der Waals surface area contributed by atoms with Gasteiger partial charge in [-0.05, 0) is 74.8 Å². The van der Waals surface area contributed by atoms with Crippen LogP contribution in [0.25, 0.3) is 0 Å². The number of likely N-dealkylation sites (tertiary alicyclic amines) is 1. The number of hydrogen-bond acceptors (Lipinski definition) is 4. The normalized spacial score (nSPS) is 33.9. The maximum atomic E-state index is 13.8. The molecule has 6 heteroatoms. The van der Waals surface area contributed by atoms with E-state index in [9.17, 15) is 9.59 Å². The Morgan fingerprint density at radius 2 is 1.91 bits per heavy atom. The molecule has 33 heavy (non-hydrogen) atoms. The highest BCUT2D eigenvalue weighted by atomic mass is 16.5. The highest BCUT2D eigenvalue weighted by Crippen LogP contribution is 2.45. The van der Waals surface area contributed by atoms with Gasteiger partial charge in [0.2, 0.25) is 11.8 Å². The summed E-state index contributed by atoms with van der Waals surface area (Å²) in [5, 5.41) is 0. The molecule has 4 heterocycles. The monoisotopic (exact) mass is 449 g/mol. The number of ether oxygens (including phenoxy) is 1. The third-order valence-corrected chi connectivity index (χ3v) is 8.80. The lowest BCUT2D eigenvalue weighted by molar-refractivity contribution is -0.140. The topological polar surface area (TPSA) is 53.1 Å². The molecule has 6 nitrogen and oxygen atoms in total. The summed E-state index contributed by atoms with van der Waals surface area (Å²) < 4.78 is 5.24. The van der Waals surface area contributed by atoms with Crippen molar-refractivity contribution in [3.05, 3.63) is 35.9 Å². The molecule has 4 saturated heterocycles. The highest BCUT2D eigenvalue weighted by molar-refractivity contribution is 6.00. The predicted molar refractivity (Wildman–Crippen MR) is 127 cm³/mol. The molecule has 1 aliphatic carbocycles. The van der Waals surface area contributed by atoms with E-state index in [1.54, 1.807) is 12.0 Å². The largest absolute Gasteiger partial charge is 0.497 e. The smallest absolute Gasteiger partial charge is 0.228 e. The lowest BCUT2D eigenvalue weighted by Gasteiger charge is -2.55. The number of hydrogen-bond donors (Lipinski definition) is 0. The zero-order valence-electron chi connectivity index (χ0n) is 19.6. The van der Waals surface area contributed by atoms with Crippen LogP contribution in [0.3, 0.4) is 0 Å². The van der Waals surface area contributed by atoms with Gasteiger partial charge in [0.15, 0.2) is 0 Å². The lowest BCUT2D eigenvalue weighted by atomic mass is 9.68. The van der Waals surface area contributed by atoms with Gasteiger partial charge in [0, 0.05) is 37.8 Å². The molecule has 0 radical (unpaired) electrons. The van der Waals surface area contributed by atoms with E-state index in [1.165, 1.54) is 37.8 Å². The summed E-state index contributed by atoms with van der Waals surface area (Å²) in [7, 11) is 1.64. The molecule has 0 aromatic heterocycles. The van der Waals surface area contributed by atoms with Gasteiger partial charge in [0.25, 0.3) is 0 Å². The van der Waals surface area contributed by atoms with Gasteiger partial charge < -0.3 is 14.5 Å². The number of benzene rings is 1. The van der Waals surface area contributed by atoms with Gasteiger partial charge in [-0.15, -0.1) is 0 Å². The van der Waals surface area contributed by atoms with E-state index in [4.69, 9.17) is 4.74 Å². The van der Waals surface area contributed by atoms with Gasteiger partial charge in [0.1, 0.15) is 5.75 Å². The summed E-state index contributed by atoms with van der Waals surface area (Å²) in [6, 6.07) is 8.52. The Kier molecular flexibility index (Phi) is 5.44. The lowest BCUT2D eigenvalue weighted by Crippen LogP contribution is -2.60. The van der Waals surface area contributed by atoms with E-state index in [-0.39, 0.29) is 23.8 Å². The summed E-state index contributed by atoms with van der Waals surface area (Å²) in [5.74, 6) is 1.97. The van der Waals surface area contributed by atoms with E-state index in [0.29, 0.717) is 24.8 Å². The number of nitrogens with zero attached hydrogens (tertiary/aromatic N) is 3. The summed E-state index contributed by atoms with van der Waals surface area (Å²) in [6.07, 6.45) is 10.3. The van der Waals surface area contributed by atoms with Crippen molar-refractivity contribution in [1.82, 2.24) is 9.80 Å². The molecule has 4 fully saturated rings. The Hall–Kier alpha value is -2.34. The van der Waals surface area contributed by atoms with Gasteiger partial charge >= 0.3 is 0 Å². The van der Waals surface area contributed by atoms with Gasteiger partial charge in [-0.2, -0.15) is 0 Å². The minimum absolute atomic E-state index is 0.0452. The third kappa shape index (κ3) is 3.67. The van der Waals surface area contributed by atoms with E-state index in [0.717, 1.165) is 43.4 Å². The van der Waals surface area contributed by atoms with Crippen molar-refractivity contribution >= 4 is 17.5 Å². The molecule has 6 rings (SSSR count). The maximum Gasteiger partial charge on any atom is 0.228 e. The van der Waals surface area contributed by atoms with Crippen LogP contribution in [0.2, 0.25) is 0 Å². The molecule has 2 amide bonds. The van der Waals surface area contributed by atoms with Crippen LogP contribution in [0.15, 0.2) is 35.9 Å². The molecule has 0 N–H and O–H groups in total. The molecule has 0 saturated carbocycles. The van der Waals surface area contributed by atoms with Crippen molar-refractivity contribution < 1.29 is 14.3 Å². The predicted octanol–water partition coefficient (Wildman–Crippen LogP) is 3.47. The van der Waals surface area contributed by atoms with Gasteiger partial charge in [-0.1, -0.05) is 18.1 Å². The zero-order valence-corrected chi connectivity index (χ0v) is 19.6. The summed E-state index contributed by atoms with van der Waals surface area (Å²) in [4.78, 5) is 33.3. The average molecular weight is 450 g/mol. The second kappa shape index (κ2) is 8.46. The van der Waals surface area contributed by atoms with Crippen molar-refractivity contribution in [2.75, 3.05) is 38.2 Å². The first kappa shape index (κ1) is 21.2. The average Bonchev–Trinajstić information content (AvgIpc) is 3.25. The van der Waals surface area contributed by atoms with Crippen LogP contribution in [0, 0.1) is 17.8 Å². The number of piperidine rings is 3. The van der Waals surface area contributed by atoms with Crippen molar-refractivity contribution in [3.8, 4) is 5.75 Å². The highest BCUT2D eigenvalue weighted by Gasteiger charge is 2.48. The quantitative estimate of drug-likeness (QED) is 0.663.